The minimum Gasteiger partial charge on any atom is -0.247 e. The third-order valence-electron chi connectivity index (χ3n) is 20.1. The molecule has 16 aromatic carbocycles. The average Bonchev–Trinajstić information content (AvgIpc) is 0.719. The van der Waals surface area contributed by atoms with E-state index in [1.165, 1.54) is 51.2 Å². The van der Waals surface area contributed by atoms with E-state index >= 15 is 0 Å². The van der Waals surface area contributed by atoms with Gasteiger partial charge in [0, 0.05) is 76.8 Å². The van der Waals surface area contributed by atoms with Crippen molar-refractivity contribution in [3.63, 3.8) is 0 Å². The van der Waals surface area contributed by atoms with Crippen molar-refractivity contribution >= 4 is 86.4 Å². The van der Waals surface area contributed by atoms with Crippen molar-refractivity contribution in [2.45, 2.75) is 0 Å². The summed E-state index contributed by atoms with van der Waals surface area (Å²) in [7, 11) is 0. The minimum absolute atomic E-state index is 0.270. The summed E-state index contributed by atoms with van der Waals surface area (Å²) < 4.78 is 28.3. The van der Waals surface area contributed by atoms with Crippen LogP contribution in [0, 0.1) is 11.6 Å². The summed E-state index contributed by atoms with van der Waals surface area (Å²) in [5.41, 5.74) is 16.9. The highest BCUT2D eigenvalue weighted by molar-refractivity contribution is 6.35. The maximum Gasteiger partial charge on any atom is 0.164 e. The maximum atomic E-state index is 14.2. The minimum atomic E-state index is -0.273. The smallest absolute Gasteiger partial charge is 0.164 e. The quantitative estimate of drug-likeness (QED) is 0.126. The van der Waals surface area contributed by atoms with Gasteiger partial charge in [0.05, 0.1) is 33.8 Å². The second-order valence-electron chi connectivity index (χ2n) is 26.5. The van der Waals surface area contributed by atoms with E-state index in [9.17, 15) is 8.78 Å². The van der Waals surface area contributed by atoms with Crippen molar-refractivity contribution in [3.8, 4) is 113 Å². The zero-order valence-corrected chi connectivity index (χ0v) is 57.0. The van der Waals surface area contributed by atoms with Crippen LogP contribution in [-0.4, -0.2) is 34.9 Å². The first-order valence-corrected chi connectivity index (χ1v) is 35.3. The van der Waals surface area contributed by atoms with Gasteiger partial charge in [-0.3, -0.25) is 0 Å². The molecule has 0 amide bonds. The molecule has 0 radical (unpaired) electrons. The number of nitrogens with zero attached hydrogens (tertiary/aromatic N) is 7. The number of pyridine rings is 2. The standard InChI is InChI=1S/C49H30FN3.C48H29FN4/c50-37-26-23-34(24-27-37)48-47-41-18-10-8-16-39(41)38-15-7-9-17-40(38)46(47)42-28-25-36(29-45(42)51-48)31-19-21-35(22-20-31)49-52-43(32-11-3-1-4-12-32)30-44(53-49)33-13-5-2-6-14-33;49-36-26-23-31(24-27-36)45-44-40-18-10-8-16-38(40)37-15-7-9-17-39(37)43(44)41-28-25-35(29-42(41)50-45)30-19-21-34(22-20-30)48-52-46(32-11-3-1-4-12-32)51-47(53-48)33-13-5-2-6-14-33/h1-30H;1-29H. The molecule has 0 aliphatic rings. The Labute approximate surface area is 608 Å². The fourth-order valence-electron chi connectivity index (χ4n) is 15.0. The van der Waals surface area contributed by atoms with Gasteiger partial charge in [-0.25, -0.2) is 43.7 Å². The van der Waals surface area contributed by atoms with Crippen LogP contribution in [0.2, 0.25) is 0 Å². The molecule has 0 atom stereocenters. The Morgan fingerprint density at radius 1 is 0.160 bits per heavy atom. The van der Waals surface area contributed by atoms with Gasteiger partial charge in [-0.1, -0.05) is 291 Å². The van der Waals surface area contributed by atoms with Crippen LogP contribution < -0.4 is 0 Å². The summed E-state index contributed by atoms with van der Waals surface area (Å²) in [5.74, 6) is 2.00. The summed E-state index contributed by atoms with van der Waals surface area (Å²) in [6.07, 6.45) is 0. The molecule has 0 N–H and O–H groups in total. The third-order valence-corrected chi connectivity index (χ3v) is 20.1. The second-order valence-corrected chi connectivity index (χ2v) is 26.5. The molecule has 0 unspecified atom stereocenters. The first-order valence-electron chi connectivity index (χ1n) is 35.3. The number of halogens is 2. The Morgan fingerprint density at radius 2 is 0.415 bits per heavy atom. The van der Waals surface area contributed by atoms with Gasteiger partial charge in [0.2, 0.25) is 0 Å². The van der Waals surface area contributed by atoms with Gasteiger partial charge in [-0.05, 0) is 132 Å². The molecule has 0 aliphatic heterocycles. The number of hydrogen-bond donors (Lipinski definition) is 0. The zero-order valence-electron chi connectivity index (χ0n) is 57.0. The van der Waals surface area contributed by atoms with Crippen LogP contribution >= 0.6 is 0 Å². The van der Waals surface area contributed by atoms with Crippen LogP contribution in [0.15, 0.2) is 358 Å². The Balaban J connectivity index is 0.000000145. The normalized spacial score (nSPS) is 11.5. The summed E-state index contributed by atoms with van der Waals surface area (Å²) in [5, 5.41) is 15.9. The molecule has 20 aromatic rings. The predicted octanol–water partition coefficient (Wildman–Crippen LogP) is 25.3. The van der Waals surface area contributed by atoms with Crippen LogP contribution in [0.4, 0.5) is 8.78 Å². The molecule has 0 saturated carbocycles. The number of fused-ring (bicyclic) bond motifs is 16. The van der Waals surface area contributed by atoms with Crippen LogP contribution in [-0.2, 0) is 0 Å². The van der Waals surface area contributed by atoms with Gasteiger partial charge in [-0.15, -0.1) is 0 Å². The Kier molecular flexibility index (Phi) is 15.8. The summed E-state index contributed by atoms with van der Waals surface area (Å²) in [4.78, 5) is 35.4. The fourth-order valence-corrected chi connectivity index (χ4v) is 15.0. The van der Waals surface area contributed by atoms with Gasteiger partial charge in [-0.2, -0.15) is 0 Å². The average molecular weight is 1360 g/mol. The highest BCUT2D eigenvalue weighted by Crippen LogP contribution is 2.46. The maximum absolute atomic E-state index is 14.2. The van der Waals surface area contributed by atoms with Crippen LogP contribution in [0.25, 0.3) is 199 Å². The van der Waals surface area contributed by atoms with Gasteiger partial charge >= 0.3 is 0 Å². The van der Waals surface area contributed by atoms with Crippen molar-refractivity contribution in [3.05, 3.63) is 370 Å². The molecule has 4 aromatic heterocycles. The molecular weight excluding hydrogens is 1300 g/mol. The first-order chi connectivity index (χ1) is 52.3. The molecule has 20 rings (SSSR count). The molecule has 496 valence electrons. The Bertz CT molecular complexity index is 6260. The van der Waals surface area contributed by atoms with E-state index in [2.05, 4.69) is 212 Å². The van der Waals surface area contributed by atoms with Gasteiger partial charge in [0.1, 0.15) is 11.6 Å². The molecule has 0 fully saturated rings. The molecular formula is C97H59F2N7. The Morgan fingerprint density at radius 3 is 0.755 bits per heavy atom. The lowest BCUT2D eigenvalue weighted by Gasteiger charge is -2.17. The predicted molar refractivity (Wildman–Crippen MR) is 432 cm³/mol. The van der Waals surface area contributed by atoms with E-state index in [1.54, 1.807) is 0 Å². The molecule has 7 nitrogen and oxygen atoms in total. The highest BCUT2D eigenvalue weighted by Gasteiger charge is 2.22. The van der Waals surface area contributed by atoms with E-state index in [0.717, 1.165) is 149 Å². The van der Waals surface area contributed by atoms with Gasteiger partial charge in [0.25, 0.3) is 0 Å². The molecule has 106 heavy (non-hydrogen) atoms. The van der Waals surface area contributed by atoms with Crippen molar-refractivity contribution in [2.75, 3.05) is 0 Å². The van der Waals surface area contributed by atoms with E-state index in [1.807, 2.05) is 121 Å². The molecule has 0 bridgehead atoms. The van der Waals surface area contributed by atoms with E-state index in [4.69, 9.17) is 34.9 Å². The van der Waals surface area contributed by atoms with Crippen molar-refractivity contribution < 1.29 is 8.78 Å². The van der Waals surface area contributed by atoms with Crippen molar-refractivity contribution in [2.24, 2.45) is 0 Å². The van der Waals surface area contributed by atoms with Crippen LogP contribution in [0.1, 0.15) is 0 Å². The van der Waals surface area contributed by atoms with Gasteiger partial charge < -0.3 is 0 Å². The number of aromatic nitrogens is 7. The van der Waals surface area contributed by atoms with E-state index in [-0.39, 0.29) is 11.6 Å². The number of rotatable bonds is 10. The molecule has 4 heterocycles. The largest absolute Gasteiger partial charge is 0.247 e. The Hall–Kier alpha value is -14.2. The SMILES string of the molecule is Fc1ccc(-c2nc3cc(-c4ccc(-c5nc(-c6ccccc6)cc(-c6ccccc6)n5)cc4)ccc3c3c4ccccc4c4ccccc4c23)cc1.Fc1ccc(-c2nc3cc(-c4ccc(-c5nc(-c6ccccc6)nc(-c6ccccc6)n5)cc4)ccc3c3c4ccccc4c4ccccc4c23)cc1. The second kappa shape index (κ2) is 26.7. The lowest BCUT2D eigenvalue weighted by Crippen LogP contribution is -2.00. The lowest BCUT2D eigenvalue weighted by atomic mass is 9.89. The third kappa shape index (κ3) is 11.5. The number of hydrogen-bond acceptors (Lipinski definition) is 7. The molecule has 0 spiro atoms. The summed E-state index contributed by atoms with van der Waals surface area (Å²) >= 11 is 0. The van der Waals surface area contributed by atoms with E-state index in [0.29, 0.717) is 23.3 Å². The monoisotopic (exact) mass is 1360 g/mol. The number of benzene rings is 16. The van der Waals surface area contributed by atoms with Crippen LogP contribution in [0.3, 0.4) is 0 Å². The van der Waals surface area contributed by atoms with Crippen molar-refractivity contribution in [1.29, 1.82) is 0 Å². The van der Waals surface area contributed by atoms with Crippen LogP contribution in [0.5, 0.6) is 0 Å². The zero-order chi connectivity index (χ0) is 70.6. The highest BCUT2D eigenvalue weighted by atomic mass is 19.1. The van der Waals surface area contributed by atoms with Crippen molar-refractivity contribution in [1.82, 2.24) is 34.9 Å². The lowest BCUT2D eigenvalue weighted by molar-refractivity contribution is 0.627. The first kappa shape index (κ1) is 62.8. The summed E-state index contributed by atoms with van der Waals surface area (Å²) in [6.45, 7) is 0. The molecule has 0 saturated heterocycles. The van der Waals surface area contributed by atoms with E-state index < -0.39 is 0 Å². The fraction of sp³-hybridized carbons (Fsp3) is 0. The van der Waals surface area contributed by atoms with Gasteiger partial charge in [0.15, 0.2) is 23.3 Å². The molecule has 0 aliphatic carbocycles. The summed E-state index contributed by atoms with van der Waals surface area (Å²) in [6, 6.07) is 120. The molecule has 9 heteroatoms. The topological polar surface area (TPSA) is 90.2 Å².